The van der Waals surface area contributed by atoms with E-state index in [0.717, 1.165) is 63.1 Å². The van der Waals surface area contributed by atoms with Gasteiger partial charge in [0.05, 0.1) is 48.7 Å². The van der Waals surface area contributed by atoms with Crippen molar-refractivity contribution in [3.8, 4) is 11.5 Å². The number of likely N-dealkylation sites (N-methyl/N-ethyl adjacent to an activating group) is 1. The van der Waals surface area contributed by atoms with Crippen LogP contribution in [0.4, 0.5) is 20.2 Å². The molecule has 1 N–H and O–H groups in total. The third-order valence-electron chi connectivity index (χ3n) is 21.2. The Kier molecular flexibility index (Phi) is 17.1. The number of aromatic nitrogens is 2. The van der Waals surface area contributed by atoms with Crippen LogP contribution < -0.4 is 36.0 Å². The molecular weight excluding hydrogens is 1180 g/mol. The number of esters is 2. The molecule has 24 heteroatoms. The molecule has 0 radical (unpaired) electrons. The molecule has 2 aromatic carbocycles. The lowest BCUT2D eigenvalue weighted by molar-refractivity contribution is -0.141. The van der Waals surface area contributed by atoms with Gasteiger partial charge >= 0.3 is 17.8 Å². The highest BCUT2D eigenvalue weighted by Gasteiger charge is 2.62. The Morgan fingerprint density at radius 3 is 1.89 bits per heavy atom. The molecule has 486 valence electrons. The molecule has 7 fully saturated rings. The zero-order valence-electron chi connectivity index (χ0n) is 52.6. The third-order valence-corrected chi connectivity index (χ3v) is 21.2. The molecule has 0 amide bonds. The van der Waals surface area contributed by atoms with Gasteiger partial charge in [0, 0.05) is 93.1 Å². The van der Waals surface area contributed by atoms with Crippen LogP contribution in [0.2, 0.25) is 0 Å². The van der Waals surface area contributed by atoms with Crippen molar-refractivity contribution in [1.29, 1.82) is 0 Å². The number of nitrogens with zero attached hydrogens (tertiary/aromatic N) is 6. The van der Waals surface area contributed by atoms with E-state index in [1.165, 1.54) is 32.7 Å². The van der Waals surface area contributed by atoms with E-state index in [1.807, 2.05) is 34.4 Å². The monoisotopic (exact) mass is 1260 g/mol. The molecule has 5 heterocycles. The molecule has 0 spiro atoms. The SMILES string of the molecule is COc1c(N2CCN(C)C(C)C2)c(F)cc2c(=O)c(C(=O)OCC(=O)C3CCC4C5CCC6=CC(=O)C=CC6(C)C5C(O)CC34C)cn(C3CC3)c12.COc1c(N2CCN(Cc3oc(=O)oc3C)C(C)C2)c(F)cc2c(=O)c(C(=O)OCOC=O)cn(C3CC3)c12. The van der Waals surface area contributed by atoms with Gasteiger partial charge in [0.15, 0.2) is 47.1 Å². The van der Waals surface area contributed by atoms with Crippen LogP contribution in [0, 0.1) is 53.1 Å². The highest BCUT2D eigenvalue weighted by molar-refractivity contribution is 6.02. The first-order valence-corrected chi connectivity index (χ1v) is 31.5. The molecule has 2 aliphatic heterocycles. The van der Waals surface area contributed by atoms with Crippen LogP contribution in [0.3, 0.4) is 0 Å². The van der Waals surface area contributed by atoms with Crippen molar-refractivity contribution in [1.82, 2.24) is 18.9 Å². The van der Waals surface area contributed by atoms with Gasteiger partial charge in [-0.25, -0.2) is 23.2 Å². The van der Waals surface area contributed by atoms with Crippen LogP contribution in [0.5, 0.6) is 11.5 Å². The Balaban J connectivity index is 0.000000184. The van der Waals surface area contributed by atoms with Gasteiger partial charge in [0.1, 0.15) is 28.3 Å². The minimum absolute atomic E-state index is 0.00159. The first-order valence-electron chi connectivity index (χ1n) is 31.5. The zero-order valence-corrected chi connectivity index (χ0v) is 52.6. The fourth-order valence-corrected chi connectivity index (χ4v) is 16.2. The number of ether oxygens (including phenoxy) is 5. The van der Waals surface area contributed by atoms with E-state index in [9.17, 15) is 43.5 Å². The van der Waals surface area contributed by atoms with E-state index in [2.05, 4.69) is 35.3 Å². The molecule has 5 aromatic rings. The second-order valence-electron chi connectivity index (χ2n) is 26.6. The number of aliphatic hydroxyl groups excluding tert-OH is 1. The Hall–Kier alpha value is -7.96. The summed E-state index contributed by atoms with van der Waals surface area (Å²) in [7, 11) is 4.93. The molecule has 8 aliphatic rings. The van der Waals surface area contributed by atoms with Crippen molar-refractivity contribution in [2.75, 3.05) is 83.7 Å². The van der Waals surface area contributed by atoms with Crippen LogP contribution in [0.1, 0.15) is 130 Å². The number of aryl methyl sites for hydroxylation is 1. The summed E-state index contributed by atoms with van der Waals surface area (Å²) in [4.78, 5) is 109. The summed E-state index contributed by atoms with van der Waals surface area (Å²) in [6, 6.07) is 2.51. The van der Waals surface area contributed by atoms with Gasteiger partial charge in [-0.15, -0.1) is 0 Å². The number of benzene rings is 2. The normalized spacial score (nSPS) is 27.3. The molecule has 9 unspecified atom stereocenters. The second-order valence-corrected chi connectivity index (χ2v) is 26.6. The predicted molar refractivity (Wildman–Crippen MR) is 329 cm³/mol. The minimum atomic E-state index is -0.977. The number of Topliss-reactive ketones (excluding diaryl/α,β-unsaturated/α-hetero) is 1. The molecule has 3 aromatic heterocycles. The average Bonchev–Trinajstić information content (AvgIpc) is 1.71. The number of carbonyl (C=O) groups is 5. The summed E-state index contributed by atoms with van der Waals surface area (Å²) in [6.07, 6.45) is 14.5. The van der Waals surface area contributed by atoms with Gasteiger partial charge in [-0.3, -0.25) is 28.9 Å². The van der Waals surface area contributed by atoms with Gasteiger partial charge in [-0.05, 0) is 127 Å². The van der Waals surface area contributed by atoms with Crippen molar-refractivity contribution in [3.05, 3.63) is 114 Å². The van der Waals surface area contributed by atoms with Crippen LogP contribution in [-0.2, 0) is 35.1 Å². The van der Waals surface area contributed by atoms with E-state index in [1.54, 1.807) is 23.6 Å². The van der Waals surface area contributed by atoms with E-state index >= 15 is 8.78 Å². The number of piperazine rings is 2. The molecule has 0 bridgehead atoms. The Morgan fingerprint density at radius 1 is 0.769 bits per heavy atom. The lowest BCUT2D eigenvalue weighted by Crippen LogP contribution is -2.56. The van der Waals surface area contributed by atoms with Gasteiger partial charge < -0.3 is 61.5 Å². The van der Waals surface area contributed by atoms with Crippen molar-refractivity contribution in [2.24, 2.45) is 34.5 Å². The molecule has 6 aliphatic carbocycles. The van der Waals surface area contributed by atoms with Crippen LogP contribution in [0.25, 0.3) is 21.8 Å². The number of halogens is 2. The quantitative estimate of drug-likeness (QED) is 0.0432. The van der Waals surface area contributed by atoms with Crippen LogP contribution in [-0.4, -0.2) is 146 Å². The number of fused-ring (bicyclic) bond motifs is 7. The zero-order chi connectivity index (χ0) is 64.7. The summed E-state index contributed by atoms with van der Waals surface area (Å²) >= 11 is 0. The number of ketones is 2. The maximum absolute atomic E-state index is 16.0. The topological polar surface area (TPSA) is 252 Å². The van der Waals surface area contributed by atoms with Crippen molar-refractivity contribution < 1.29 is 70.4 Å². The molecule has 9 atom stereocenters. The lowest BCUT2D eigenvalue weighted by Gasteiger charge is -2.58. The number of hydrogen-bond acceptors (Lipinski definition) is 20. The Bertz CT molecular complexity index is 4030. The number of allylic oxidation sites excluding steroid dienone is 4. The smallest absolute Gasteiger partial charge is 0.492 e. The Morgan fingerprint density at radius 2 is 1.35 bits per heavy atom. The summed E-state index contributed by atoms with van der Waals surface area (Å²) in [5.74, 6) is -2.76. The summed E-state index contributed by atoms with van der Waals surface area (Å²) in [6.45, 7) is 12.7. The highest BCUT2D eigenvalue weighted by Crippen LogP contribution is 2.66. The third kappa shape index (κ3) is 11.4. The molecule has 22 nitrogen and oxygen atoms in total. The largest absolute Gasteiger partial charge is 0.519 e. The highest BCUT2D eigenvalue weighted by atomic mass is 19.1. The molecule has 13 rings (SSSR count). The average molecular weight is 1260 g/mol. The van der Waals surface area contributed by atoms with Crippen LogP contribution >= 0.6 is 0 Å². The summed E-state index contributed by atoms with van der Waals surface area (Å²) < 4.78 is 71.9. The number of methoxy groups -OCH3 is 2. The van der Waals surface area contributed by atoms with Crippen molar-refractivity contribution >= 4 is 63.2 Å². The number of anilines is 2. The first-order chi connectivity index (χ1) is 43.5. The van der Waals surface area contributed by atoms with E-state index < -0.39 is 71.1 Å². The predicted octanol–water partition coefficient (Wildman–Crippen LogP) is 7.58. The van der Waals surface area contributed by atoms with Gasteiger partial charge in [-0.1, -0.05) is 25.5 Å². The number of rotatable bonds is 16. The maximum Gasteiger partial charge on any atom is 0.519 e. The van der Waals surface area contributed by atoms with E-state index in [0.29, 0.717) is 80.4 Å². The van der Waals surface area contributed by atoms with Crippen molar-refractivity contribution in [3.63, 3.8) is 0 Å². The van der Waals surface area contributed by atoms with Crippen molar-refractivity contribution in [2.45, 2.75) is 129 Å². The van der Waals surface area contributed by atoms with Gasteiger partial charge in [-0.2, -0.15) is 0 Å². The summed E-state index contributed by atoms with van der Waals surface area (Å²) in [5, 5.41) is 11.7. The second kappa shape index (κ2) is 24.6. The summed E-state index contributed by atoms with van der Waals surface area (Å²) in [5.41, 5.74) is -0.271. The number of carbonyl (C=O) groups excluding carboxylic acids is 5. The molecule has 91 heavy (non-hydrogen) atoms. The van der Waals surface area contributed by atoms with Crippen LogP contribution in [0.15, 0.2) is 71.5 Å². The number of aliphatic hydroxyl groups is 1. The maximum atomic E-state index is 16.0. The van der Waals surface area contributed by atoms with E-state index in [4.69, 9.17) is 27.8 Å². The van der Waals surface area contributed by atoms with Gasteiger partial charge in [0.2, 0.25) is 17.7 Å². The van der Waals surface area contributed by atoms with E-state index in [-0.39, 0.29) is 104 Å². The standard InChI is InChI=1S/C41H50FN3O7.C26H28FN3O9/c1-22-19-44(15-14-43(22)4)36-31(42)17-27-35(38(36)51-5)45(24-7-8-24)20-28(37(27)49)39(50)52-21-33(48)30-11-10-29-26-9-6-23-16-25(46)12-13-40(23,2)34(26)32(47)18-41(29,30)3;1-14-9-29(7-6-28(14)11-20-15(2)38-26(34)39-20)22-19(27)8-17-21(24(22)35-3)30(16-4-5-16)10-18(23(17)32)25(33)37-13-36-12-31/h12-13,16-17,20,22,24,26,29-30,32,34,47H,6-11,14-15,18-19,21H2,1-5H3;8,10,12,14,16H,4-7,9,11,13H2,1-3H3. The Labute approximate surface area is 523 Å². The number of hydrogen-bond donors (Lipinski definition) is 1. The fraction of sp³-hybridized carbons (Fsp3) is 0.552. The van der Waals surface area contributed by atoms with Gasteiger partial charge in [0.25, 0.3) is 6.47 Å². The molecular formula is C67H78F2N6O16. The molecule has 2 saturated heterocycles. The number of pyridine rings is 2. The lowest BCUT2D eigenvalue weighted by atomic mass is 9.46. The minimum Gasteiger partial charge on any atom is -0.492 e. The first kappa shape index (κ1) is 63.2. The fourth-order valence-electron chi connectivity index (χ4n) is 16.2. The molecule has 5 saturated carbocycles.